The van der Waals surface area contributed by atoms with Crippen LogP contribution in [-0.4, -0.2) is 18.7 Å². The Kier molecular flexibility index (Phi) is 7.46. The van der Waals surface area contributed by atoms with Gasteiger partial charge < -0.3 is 14.5 Å². The maximum Gasteiger partial charge on any atom is 0.411 e. The second-order valence-corrected chi connectivity index (χ2v) is 6.95. The van der Waals surface area contributed by atoms with Crippen LogP contribution in [0.4, 0.5) is 17.6 Å². The van der Waals surface area contributed by atoms with Gasteiger partial charge in [0.05, 0.1) is 12.2 Å². The number of amides is 1. The van der Waals surface area contributed by atoms with Crippen LogP contribution in [0.3, 0.4) is 0 Å². The molecule has 4 nitrogen and oxygen atoms in total. The van der Waals surface area contributed by atoms with Gasteiger partial charge in [-0.2, -0.15) is 13.2 Å². The zero-order valence-corrected chi connectivity index (χ0v) is 16.5. The molecule has 3 aromatic rings. The SMILES string of the molecule is O=C(CCc1ccc(-c2ccccc2F)o1)NCc1ccc(COCC(F)(F)F)cc1. The minimum Gasteiger partial charge on any atom is -0.461 e. The lowest BCUT2D eigenvalue weighted by Crippen LogP contribution is -2.22. The lowest BCUT2D eigenvalue weighted by atomic mass is 10.1. The lowest BCUT2D eigenvalue weighted by Gasteiger charge is -2.09. The number of benzene rings is 2. The van der Waals surface area contributed by atoms with Crippen LogP contribution in [0.25, 0.3) is 11.3 Å². The van der Waals surface area contributed by atoms with Crippen LogP contribution >= 0.6 is 0 Å². The molecule has 164 valence electrons. The molecule has 1 amide bonds. The molecule has 0 aliphatic heterocycles. The Balaban J connectivity index is 1.41. The summed E-state index contributed by atoms with van der Waals surface area (Å²) in [6.07, 6.45) is -3.78. The molecule has 8 heteroatoms. The first-order valence-corrected chi connectivity index (χ1v) is 9.63. The van der Waals surface area contributed by atoms with Crippen LogP contribution < -0.4 is 5.32 Å². The van der Waals surface area contributed by atoms with Crippen molar-refractivity contribution >= 4 is 5.91 Å². The predicted octanol–water partition coefficient (Wildman–Crippen LogP) is 5.41. The number of carbonyl (C=O) groups excluding carboxylic acids is 1. The standard InChI is InChI=1S/C23H21F4NO3/c24-20-4-2-1-3-19(20)21-11-9-18(31-21)10-12-22(29)28-13-16-5-7-17(8-6-16)14-30-15-23(25,26)27/h1-9,11H,10,12-15H2,(H,28,29). The van der Waals surface area contributed by atoms with Gasteiger partial charge in [0.2, 0.25) is 5.91 Å². The number of nitrogens with one attached hydrogen (secondary N) is 1. The van der Waals surface area contributed by atoms with E-state index in [1.54, 1.807) is 54.6 Å². The molecule has 0 saturated carbocycles. The molecule has 0 fully saturated rings. The van der Waals surface area contributed by atoms with E-state index >= 15 is 0 Å². The minimum atomic E-state index is -4.35. The van der Waals surface area contributed by atoms with Gasteiger partial charge in [-0.3, -0.25) is 4.79 Å². The third-order valence-corrected chi connectivity index (χ3v) is 4.45. The fourth-order valence-electron chi connectivity index (χ4n) is 2.88. The third-order valence-electron chi connectivity index (χ3n) is 4.45. The molecule has 31 heavy (non-hydrogen) atoms. The average Bonchev–Trinajstić information content (AvgIpc) is 3.20. The summed E-state index contributed by atoms with van der Waals surface area (Å²) in [5.74, 6) is 0.435. The van der Waals surface area contributed by atoms with Crippen LogP contribution in [0.5, 0.6) is 0 Å². The number of furan rings is 1. The van der Waals surface area contributed by atoms with E-state index in [0.29, 0.717) is 35.6 Å². The summed E-state index contributed by atoms with van der Waals surface area (Å²) < 4.78 is 60.3. The van der Waals surface area contributed by atoms with E-state index in [-0.39, 0.29) is 24.8 Å². The van der Waals surface area contributed by atoms with E-state index in [4.69, 9.17) is 4.42 Å². The fraction of sp³-hybridized carbons (Fsp3) is 0.261. The fourth-order valence-corrected chi connectivity index (χ4v) is 2.88. The van der Waals surface area contributed by atoms with E-state index < -0.39 is 12.8 Å². The van der Waals surface area contributed by atoms with E-state index in [0.717, 1.165) is 5.56 Å². The van der Waals surface area contributed by atoms with E-state index in [1.165, 1.54) is 6.07 Å². The Hall–Kier alpha value is -3.13. The minimum absolute atomic E-state index is 0.135. The molecule has 0 aliphatic carbocycles. The average molecular weight is 435 g/mol. The Morgan fingerprint density at radius 1 is 0.968 bits per heavy atom. The maximum absolute atomic E-state index is 13.8. The van der Waals surface area contributed by atoms with Crippen molar-refractivity contribution in [3.05, 3.63) is 83.4 Å². The lowest BCUT2D eigenvalue weighted by molar-refractivity contribution is -0.176. The normalized spacial score (nSPS) is 11.5. The Bertz CT molecular complexity index is 997. The van der Waals surface area contributed by atoms with E-state index in [1.807, 2.05) is 0 Å². The van der Waals surface area contributed by atoms with Gasteiger partial charge in [0.1, 0.15) is 23.9 Å². The summed E-state index contributed by atoms with van der Waals surface area (Å²) in [4.78, 5) is 12.1. The molecule has 1 aromatic heterocycles. The highest BCUT2D eigenvalue weighted by Crippen LogP contribution is 2.25. The van der Waals surface area contributed by atoms with Crippen molar-refractivity contribution in [3.8, 4) is 11.3 Å². The quantitative estimate of drug-likeness (QED) is 0.457. The zero-order chi connectivity index (χ0) is 22.3. The van der Waals surface area contributed by atoms with E-state index in [2.05, 4.69) is 10.1 Å². The molecule has 0 atom stereocenters. The molecular formula is C23H21F4NO3. The number of hydrogen-bond acceptors (Lipinski definition) is 3. The van der Waals surface area contributed by atoms with Gasteiger partial charge >= 0.3 is 6.18 Å². The highest BCUT2D eigenvalue weighted by atomic mass is 19.4. The molecule has 2 aromatic carbocycles. The number of rotatable bonds is 9. The predicted molar refractivity (Wildman–Crippen MR) is 106 cm³/mol. The van der Waals surface area contributed by atoms with Crippen molar-refractivity contribution in [2.24, 2.45) is 0 Å². The van der Waals surface area contributed by atoms with Gasteiger partial charge in [-0.05, 0) is 35.4 Å². The van der Waals surface area contributed by atoms with Crippen molar-refractivity contribution in [1.82, 2.24) is 5.32 Å². The topological polar surface area (TPSA) is 51.5 Å². The Labute approximate surface area is 176 Å². The van der Waals surface area contributed by atoms with Gasteiger partial charge in [0, 0.05) is 19.4 Å². The molecule has 0 aliphatic rings. The van der Waals surface area contributed by atoms with Gasteiger partial charge in [0.25, 0.3) is 0 Å². The van der Waals surface area contributed by atoms with Crippen molar-refractivity contribution in [2.75, 3.05) is 6.61 Å². The molecular weight excluding hydrogens is 414 g/mol. The van der Waals surface area contributed by atoms with Crippen LogP contribution in [-0.2, 0) is 29.1 Å². The number of alkyl halides is 3. The third kappa shape index (κ3) is 7.25. The molecule has 0 unspecified atom stereocenters. The van der Waals surface area contributed by atoms with Gasteiger partial charge in [0.15, 0.2) is 0 Å². The highest BCUT2D eigenvalue weighted by Gasteiger charge is 2.27. The first-order valence-electron chi connectivity index (χ1n) is 9.63. The van der Waals surface area contributed by atoms with Gasteiger partial charge in [-0.1, -0.05) is 36.4 Å². The van der Waals surface area contributed by atoms with Crippen molar-refractivity contribution in [2.45, 2.75) is 32.2 Å². The number of hydrogen-bond donors (Lipinski definition) is 1. The van der Waals surface area contributed by atoms with Crippen LogP contribution in [0.15, 0.2) is 65.1 Å². The zero-order valence-electron chi connectivity index (χ0n) is 16.5. The smallest absolute Gasteiger partial charge is 0.411 e. The summed E-state index contributed by atoms with van der Waals surface area (Å²) in [5, 5.41) is 2.78. The van der Waals surface area contributed by atoms with Crippen LogP contribution in [0.2, 0.25) is 0 Å². The van der Waals surface area contributed by atoms with Crippen LogP contribution in [0, 0.1) is 5.82 Å². The summed E-state index contributed by atoms with van der Waals surface area (Å²) in [6, 6.07) is 16.4. The Morgan fingerprint density at radius 2 is 1.68 bits per heavy atom. The highest BCUT2D eigenvalue weighted by molar-refractivity contribution is 5.76. The number of halogens is 4. The number of aryl methyl sites for hydroxylation is 1. The molecule has 0 radical (unpaired) electrons. The van der Waals surface area contributed by atoms with Crippen molar-refractivity contribution in [1.29, 1.82) is 0 Å². The number of ether oxygens (including phenoxy) is 1. The summed E-state index contributed by atoms with van der Waals surface area (Å²) in [6.45, 7) is -1.13. The summed E-state index contributed by atoms with van der Waals surface area (Å²) in [7, 11) is 0. The molecule has 0 spiro atoms. The molecule has 3 rings (SSSR count). The Morgan fingerprint density at radius 3 is 2.39 bits per heavy atom. The first-order chi connectivity index (χ1) is 14.8. The molecule has 1 N–H and O–H groups in total. The second-order valence-electron chi connectivity index (χ2n) is 6.95. The summed E-state index contributed by atoms with van der Waals surface area (Å²) in [5.41, 5.74) is 1.79. The van der Waals surface area contributed by atoms with Gasteiger partial charge in [-0.15, -0.1) is 0 Å². The van der Waals surface area contributed by atoms with Crippen molar-refractivity contribution < 1.29 is 31.5 Å². The molecule has 0 saturated heterocycles. The van der Waals surface area contributed by atoms with Gasteiger partial charge in [-0.25, -0.2) is 4.39 Å². The maximum atomic E-state index is 13.8. The first kappa shape index (κ1) is 22.6. The summed E-state index contributed by atoms with van der Waals surface area (Å²) >= 11 is 0. The largest absolute Gasteiger partial charge is 0.461 e. The number of carbonyl (C=O) groups is 1. The van der Waals surface area contributed by atoms with E-state index in [9.17, 15) is 22.4 Å². The molecule has 0 bridgehead atoms. The van der Waals surface area contributed by atoms with Crippen LogP contribution in [0.1, 0.15) is 23.3 Å². The monoisotopic (exact) mass is 435 g/mol. The second kappa shape index (κ2) is 10.3. The molecule has 1 heterocycles. The van der Waals surface area contributed by atoms with Crippen molar-refractivity contribution in [3.63, 3.8) is 0 Å².